The van der Waals surface area contributed by atoms with E-state index >= 15 is 0 Å². The first kappa shape index (κ1) is 21.7. The summed E-state index contributed by atoms with van der Waals surface area (Å²) in [5, 5.41) is 10.0. The molecule has 1 rings (SSSR count). The van der Waals surface area contributed by atoms with Crippen molar-refractivity contribution in [2.75, 3.05) is 0 Å². The number of Topliss-reactive ketones (excluding diaryl/α,β-unsaturated/α-hetero) is 1. The van der Waals surface area contributed by atoms with Crippen LogP contribution in [0.5, 0.6) is 5.75 Å². The average Bonchev–Trinajstić information content (AvgIpc) is 2.47. The molecule has 0 unspecified atom stereocenters. The summed E-state index contributed by atoms with van der Waals surface area (Å²) < 4.78 is 0. The standard InChI is InChI=1S/C19H30O2.Na.H/c1-3-5-6-7-8-9-10-13-16-17(18(20)12-4-2)14-11-15-19(16)21;;/h11,14-15,21H,3-10,12-13H2,1-2H3;;/q;+1;-1. The van der Waals surface area contributed by atoms with E-state index in [1.165, 1.54) is 38.5 Å². The Balaban J connectivity index is 0. The number of phenolic OH excluding ortho intramolecular Hbond substituents is 1. The monoisotopic (exact) mass is 314 g/mol. The molecule has 0 aliphatic carbocycles. The van der Waals surface area contributed by atoms with Gasteiger partial charge in [-0.15, -0.1) is 0 Å². The third-order valence-corrected chi connectivity index (χ3v) is 3.96. The van der Waals surface area contributed by atoms with Crippen LogP contribution in [0.3, 0.4) is 0 Å². The summed E-state index contributed by atoms with van der Waals surface area (Å²) in [6.07, 6.45) is 10.9. The normalized spacial score (nSPS) is 10.3. The molecule has 0 spiro atoms. The molecule has 0 atom stereocenters. The van der Waals surface area contributed by atoms with Crippen molar-refractivity contribution in [1.82, 2.24) is 0 Å². The Hall–Kier alpha value is -0.310. The summed E-state index contributed by atoms with van der Waals surface area (Å²) in [6.45, 7) is 4.24. The maximum absolute atomic E-state index is 12.1. The van der Waals surface area contributed by atoms with E-state index in [1.54, 1.807) is 12.1 Å². The van der Waals surface area contributed by atoms with Crippen LogP contribution in [0.2, 0.25) is 0 Å². The van der Waals surface area contributed by atoms with Crippen molar-refractivity contribution in [3.63, 3.8) is 0 Å². The number of phenols is 1. The van der Waals surface area contributed by atoms with Gasteiger partial charge in [0, 0.05) is 17.5 Å². The van der Waals surface area contributed by atoms with Gasteiger partial charge in [-0.2, -0.15) is 0 Å². The number of rotatable bonds is 11. The smallest absolute Gasteiger partial charge is 1.00 e. The van der Waals surface area contributed by atoms with Crippen LogP contribution in [-0.4, -0.2) is 10.9 Å². The van der Waals surface area contributed by atoms with Gasteiger partial charge in [0.15, 0.2) is 5.78 Å². The van der Waals surface area contributed by atoms with Gasteiger partial charge in [-0.1, -0.05) is 64.5 Å². The van der Waals surface area contributed by atoms with Crippen molar-refractivity contribution in [2.45, 2.75) is 78.1 Å². The van der Waals surface area contributed by atoms with Crippen LogP contribution in [0.15, 0.2) is 18.2 Å². The Bertz CT molecular complexity index is 435. The molecule has 120 valence electrons. The molecule has 0 heterocycles. The number of aromatic hydroxyl groups is 1. The summed E-state index contributed by atoms with van der Waals surface area (Å²) in [4.78, 5) is 12.1. The molecule has 0 aliphatic rings. The Kier molecular flexibility index (Phi) is 13.0. The molecule has 1 N–H and O–H groups in total. The van der Waals surface area contributed by atoms with Crippen molar-refractivity contribution in [3.05, 3.63) is 29.3 Å². The van der Waals surface area contributed by atoms with Gasteiger partial charge < -0.3 is 6.53 Å². The zero-order valence-electron chi connectivity index (χ0n) is 15.7. The van der Waals surface area contributed by atoms with Gasteiger partial charge in [-0.3, -0.25) is 4.79 Å². The van der Waals surface area contributed by atoms with Crippen LogP contribution in [0.4, 0.5) is 0 Å². The summed E-state index contributed by atoms with van der Waals surface area (Å²) in [7, 11) is 0. The van der Waals surface area contributed by atoms with Gasteiger partial charge in [0.2, 0.25) is 0 Å². The number of carbonyl (C=O) groups is 1. The minimum atomic E-state index is 0. The number of unbranched alkanes of at least 4 members (excludes halogenated alkanes) is 6. The number of benzene rings is 1. The Labute approximate surface area is 159 Å². The van der Waals surface area contributed by atoms with Crippen LogP contribution in [0, 0.1) is 0 Å². The molecule has 0 bridgehead atoms. The summed E-state index contributed by atoms with van der Waals surface area (Å²) in [6, 6.07) is 5.32. The fourth-order valence-electron chi connectivity index (χ4n) is 2.72. The summed E-state index contributed by atoms with van der Waals surface area (Å²) >= 11 is 0. The van der Waals surface area contributed by atoms with Gasteiger partial charge in [0.1, 0.15) is 5.75 Å². The predicted molar refractivity (Wildman–Crippen MR) is 90.2 cm³/mol. The van der Waals surface area contributed by atoms with E-state index < -0.39 is 0 Å². The van der Waals surface area contributed by atoms with Crippen LogP contribution in [0.25, 0.3) is 0 Å². The van der Waals surface area contributed by atoms with Crippen molar-refractivity contribution >= 4 is 5.78 Å². The summed E-state index contributed by atoms with van der Waals surface area (Å²) in [5.41, 5.74) is 1.58. The van der Waals surface area contributed by atoms with E-state index in [2.05, 4.69) is 6.92 Å². The first-order valence-corrected chi connectivity index (χ1v) is 8.54. The Morgan fingerprint density at radius 3 is 2.27 bits per heavy atom. The minimum Gasteiger partial charge on any atom is -1.00 e. The molecule has 22 heavy (non-hydrogen) atoms. The Morgan fingerprint density at radius 1 is 1.00 bits per heavy atom. The van der Waals surface area contributed by atoms with Crippen LogP contribution in [-0.2, 0) is 6.42 Å². The SMILES string of the molecule is CCCCCCCCCc1c(O)cccc1C(=O)CCC.[H-].[Na+]. The first-order chi connectivity index (χ1) is 10.2. The molecular formula is C19H31NaO2. The van der Waals surface area contributed by atoms with Gasteiger partial charge >= 0.3 is 29.6 Å². The number of ketones is 1. The summed E-state index contributed by atoms with van der Waals surface area (Å²) in [5.74, 6) is 0.439. The molecule has 1 aromatic carbocycles. The van der Waals surface area contributed by atoms with Gasteiger partial charge in [0.25, 0.3) is 0 Å². The fraction of sp³-hybridized carbons (Fsp3) is 0.632. The molecule has 0 aliphatic heterocycles. The maximum Gasteiger partial charge on any atom is 1.00 e. The number of hydrogen-bond donors (Lipinski definition) is 1. The van der Waals surface area contributed by atoms with E-state index in [0.29, 0.717) is 6.42 Å². The van der Waals surface area contributed by atoms with E-state index in [4.69, 9.17) is 0 Å². The first-order valence-electron chi connectivity index (χ1n) is 8.54. The minimum absolute atomic E-state index is 0. The molecule has 0 aromatic heterocycles. The van der Waals surface area contributed by atoms with Crippen molar-refractivity contribution in [3.8, 4) is 5.75 Å². The topological polar surface area (TPSA) is 37.3 Å². The zero-order chi connectivity index (χ0) is 15.5. The Morgan fingerprint density at radius 2 is 1.64 bits per heavy atom. The van der Waals surface area contributed by atoms with Gasteiger partial charge in [0.05, 0.1) is 0 Å². The van der Waals surface area contributed by atoms with Crippen LogP contribution < -0.4 is 29.6 Å². The van der Waals surface area contributed by atoms with Crippen molar-refractivity contribution < 1.29 is 40.9 Å². The van der Waals surface area contributed by atoms with E-state index in [9.17, 15) is 9.90 Å². The second-order valence-electron chi connectivity index (χ2n) is 5.85. The van der Waals surface area contributed by atoms with E-state index in [1.807, 2.05) is 13.0 Å². The van der Waals surface area contributed by atoms with E-state index in [0.717, 1.165) is 30.4 Å². The third kappa shape index (κ3) is 7.80. The fourth-order valence-corrected chi connectivity index (χ4v) is 2.72. The van der Waals surface area contributed by atoms with Crippen LogP contribution in [0.1, 0.15) is 89.0 Å². The molecule has 0 amide bonds. The largest absolute Gasteiger partial charge is 1.00 e. The van der Waals surface area contributed by atoms with Crippen LogP contribution >= 0.6 is 0 Å². The molecule has 0 radical (unpaired) electrons. The van der Waals surface area contributed by atoms with Gasteiger partial charge in [-0.25, -0.2) is 0 Å². The molecular weight excluding hydrogens is 283 g/mol. The maximum atomic E-state index is 12.1. The molecule has 0 fully saturated rings. The molecule has 0 saturated carbocycles. The van der Waals surface area contributed by atoms with Crippen molar-refractivity contribution in [2.24, 2.45) is 0 Å². The predicted octanol–water partition coefficient (Wildman–Crippen LogP) is 2.78. The number of hydrogen-bond acceptors (Lipinski definition) is 2. The number of carbonyl (C=O) groups excluding carboxylic acids is 1. The van der Waals surface area contributed by atoms with Gasteiger partial charge in [-0.05, 0) is 25.3 Å². The average molecular weight is 314 g/mol. The second-order valence-corrected chi connectivity index (χ2v) is 5.85. The molecule has 1 aromatic rings. The second kappa shape index (κ2) is 13.2. The van der Waals surface area contributed by atoms with Crippen molar-refractivity contribution in [1.29, 1.82) is 0 Å². The molecule has 3 heteroatoms. The van der Waals surface area contributed by atoms with E-state index in [-0.39, 0.29) is 42.5 Å². The quantitative estimate of drug-likeness (QED) is 0.387. The molecule has 2 nitrogen and oxygen atoms in total. The third-order valence-electron chi connectivity index (χ3n) is 3.96. The zero-order valence-corrected chi connectivity index (χ0v) is 16.7. The molecule has 0 saturated heterocycles.